The fraction of sp³-hybridized carbons (Fsp3) is 0.545. The molecule has 0 aromatic carbocycles. The molecule has 7 nitrogen and oxygen atoms in total. The van der Waals surface area contributed by atoms with Gasteiger partial charge in [0.05, 0.1) is 6.54 Å². The van der Waals surface area contributed by atoms with Crippen LogP contribution < -0.4 is 16.2 Å². The topological polar surface area (TPSA) is 87.4 Å². The Morgan fingerprint density at radius 1 is 1.44 bits per heavy atom. The minimum atomic E-state index is 0.0251. The molecule has 0 aliphatic rings. The number of nitrogen functional groups attached to an aromatic ring is 1. The van der Waals surface area contributed by atoms with E-state index in [1.54, 1.807) is 19.0 Å². The number of amides is 1. The van der Waals surface area contributed by atoms with Gasteiger partial charge in [0, 0.05) is 26.2 Å². The summed E-state index contributed by atoms with van der Waals surface area (Å²) >= 11 is 0. The van der Waals surface area contributed by atoms with Crippen LogP contribution in [0.4, 0.5) is 11.6 Å². The van der Waals surface area contributed by atoms with Crippen molar-refractivity contribution in [3.63, 3.8) is 0 Å². The second-order valence-electron chi connectivity index (χ2n) is 4.12. The fourth-order valence-corrected chi connectivity index (χ4v) is 1.55. The maximum Gasteiger partial charge on any atom is 0.241 e. The maximum absolute atomic E-state index is 11.8. The van der Waals surface area contributed by atoms with Crippen LogP contribution in [0.5, 0.6) is 0 Å². The Morgan fingerprint density at radius 2 is 2.11 bits per heavy atom. The third kappa shape index (κ3) is 3.07. The van der Waals surface area contributed by atoms with Gasteiger partial charge in [-0.3, -0.25) is 4.79 Å². The number of aromatic nitrogens is 2. The number of likely N-dealkylation sites (N-methyl/N-ethyl adjacent to an activating group) is 2. The van der Waals surface area contributed by atoms with Crippen molar-refractivity contribution in [3.05, 3.63) is 11.9 Å². The van der Waals surface area contributed by atoms with Gasteiger partial charge in [0.25, 0.3) is 0 Å². The molecule has 100 valence electrons. The van der Waals surface area contributed by atoms with Crippen LogP contribution in [0.1, 0.15) is 12.5 Å². The van der Waals surface area contributed by atoms with E-state index in [0.29, 0.717) is 12.4 Å². The van der Waals surface area contributed by atoms with Crippen molar-refractivity contribution in [2.45, 2.75) is 13.8 Å². The lowest BCUT2D eigenvalue weighted by Gasteiger charge is -2.25. The molecule has 7 heteroatoms. The number of rotatable bonds is 5. The van der Waals surface area contributed by atoms with E-state index in [1.165, 1.54) is 6.33 Å². The fourth-order valence-electron chi connectivity index (χ4n) is 1.55. The molecule has 0 saturated carbocycles. The molecule has 0 atom stereocenters. The van der Waals surface area contributed by atoms with Gasteiger partial charge in [0.1, 0.15) is 18.0 Å². The molecule has 1 heterocycles. The summed E-state index contributed by atoms with van der Waals surface area (Å²) in [5.74, 6) is 6.69. The number of hydrogen-bond donors (Lipinski definition) is 2. The average molecular weight is 252 g/mol. The minimum absolute atomic E-state index is 0.0251. The number of hydrazine groups is 1. The molecule has 0 radical (unpaired) electrons. The molecule has 0 spiro atoms. The summed E-state index contributed by atoms with van der Waals surface area (Å²) in [6, 6.07) is 0. The number of carbonyl (C=O) groups excluding carboxylic acids is 1. The first-order valence-corrected chi connectivity index (χ1v) is 5.74. The van der Waals surface area contributed by atoms with Crippen molar-refractivity contribution >= 4 is 17.5 Å². The zero-order chi connectivity index (χ0) is 13.7. The number of anilines is 2. The van der Waals surface area contributed by atoms with Crippen LogP contribution in [0, 0.1) is 6.92 Å². The molecule has 0 saturated heterocycles. The van der Waals surface area contributed by atoms with Gasteiger partial charge in [0.15, 0.2) is 0 Å². The number of hydrogen-bond acceptors (Lipinski definition) is 6. The SMILES string of the molecule is CCN(CC(=O)N(C)C)c1ncnc(NN)c1C. The molecule has 1 aromatic heterocycles. The van der Waals surface area contributed by atoms with E-state index in [-0.39, 0.29) is 12.5 Å². The van der Waals surface area contributed by atoms with Crippen LogP contribution in [-0.4, -0.2) is 48.0 Å². The maximum atomic E-state index is 11.8. The molecular weight excluding hydrogens is 232 g/mol. The van der Waals surface area contributed by atoms with E-state index in [0.717, 1.165) is 11.4 Å². The van der Waals surface area contributed by atoms with Gasteiger partial charge in [0.2, 0.25) is 5.91 Å². The summed E-state index contributed by atoms with van der Waals surface area (Å²) in [6.45, 7) is 4.81. The lowest BCUT2D eigenvalue weighted by Crippen LogP contribution is -2.37. The van der Waals surface area contributed by atoms with Crippen molar-refractivity contribution in [1.82, 2.24) is 14.9 Å². The lowest BCUT2D eigenvalue weighted by atomic mass is 10.3. The standard InChI is InChI=1S/C11H20N6O/c1-5-17(6-9(18)16(3)4)11-8(2)10(15-12)13-7-14-11/h7H,5-6,12H2,1-4H3,(H,13,14,15). The normalized spacial score (nSPS) is 10.1. The first-order valence-electron chi connectivity index (χ1n) is 5.74. The third-order valence-corrected chi connectivity index (χ3v) is 2.70. The number of nitrogens with zero attached hydrogens (tertiary/aromatic N) is 4. The predicted molar refractivity (Wildman–Crippen MR) is 71.2 cm³/mol. The second kappa shape index (κ2) is 6.15. The summed E-state index contributed by atoms with van der Waals surface area (Å²) in [4.78, 5) is 23.4. The highest BCUT2D eigenvalue weighted by molar-refractivity contribution is 5.81. The Bertz CT molecular complexity index is 420. The molecule has 0 unspecified atom stereocenters. The minimum Gasteiger partial charge on any atom is -0.347 e. The van der Waals surface area contributed by atoms with E-state index in [4.69, 9.17) is 5.84 Å². The van der Waals surface area contributed by atoms with Gasteiger partial charge >= 0.3 is 0 Å². The number of nitrogens with two attached hydrogens (primary N) is 1. The van der Waals surface area contributed by atoms with E-state index in [1.807, 2.05) is 18.7 Å². The van der Waals surface area contributed by atoms with Gasteiger partial charge in [-0.15, -0.1) is 0 Å². The van der Waals surface area contributed by atoms with Crippen molar-refractivity contribution < 1.29 is 4.79 Å². The van der Waals surface area contributed by atoms with Crippen molar-refractivity contribution in [1.29, 1.82) is 0 Å². The van der Waals surface area contributed by atoms with Gasteiger partial charge in [-0.1, -0.05) is 0 Å². The second-order valence-corrected chi connectivity index (χ2v) is 4.12. The summed E-state index contributed by atoms with van der Waals surface area (Å²) in [5, 5.41) is 0. The highest BCUT2D eigenvalue weighted by atomic mass is 16.2. The van der Waals surface area contributed by atoms with Gasteiger partial charge in [-0.25, -0.2) is 15.8 Å². The van der Waals surface area contributed by atoms with Crippen LogP contribution in [-0.2, 0) is 4.79 Å². The summed E-state index contributed by atoms with van der Waals surface area (Å²) in [6.07, 6.45) is 1.43. The molecular formula is C11H20N6O. The van der Waals surface area contributed by atoms with Crippen LogP contribution in [0.15, 0.2) is 6.33 Å². The smallest absolute Gasteiger partial charge is 0.241 e. The first kappa shape index (κ1) is 14.2. The Kier molecular flexibility index (Phi) is 4.85. The van der Waals surface area contributed by atoms with E-state index >= 15 is 0 Å². The van der Waals surface area contributed by atoms with Crippen molar-refractivity contribution in [3.8, 4) is 0 Å². The van der Waals surface area contributed by atoms with Crippen LogP contribution in [0.2, 0.25) is 0 Å². The largest absolute Gasteiger partial charge is 0.347 e. The first-order chi connectivity index (χ1) is 8.51. The zero-order valence-corrected chi connectivity index (χ0v) is 11.3. The monoisotopic (exact) mass is 252 g/mol. The van der Waals surface area contributed by atoms with Crippen molar-refractivity contribution in [2.24, 2.45) is 5.84 Å². The van der Waals surface area contributed by atoms with E-state index in [2.05, 4.69) is 15.4 Å². The Balaban J connectivity index is 2.98. The van der Waals surface area contributed by atoms with Gasteiger partial charge < -0.3 is 15.2 Å². The predicted octanol–water partition coefficient (Wildman–Crippen LogP) is -0.0149. The van der Waals surface area contributed by atoms with E-state index in [9.17, 15) is 4.79 Å². The van der Waals surface area contributed by atoms with Gasteiger partial charge in [-0.05, 0) is 13.8 Å². The van der Waals surface area contributed by atoms with Crippen LogP contribution in [0.25, 0.3) is 0 Å². The Morgan fingerprint density at radius 3 is 2.61 bits per heavy atom. The molecule has 1 amide bonds. The lowest BCUT2D eigenvalue weighted by molar-refractivity contribution is -0.127. The summed E-state index contributed by atoms with van der Waals surface area (Å²) < 4.78 is 0. The quantitative estimate of drug-likeness (QED) is 0.566. The summed E-state index contributed by atoms with van der Waals surface area (Å²) in [7, 11) is 3.46. The molecule has 0 fully saturated rings. The molecule has 0 bridgehead atoms. The number of nitrogens with one attached hydrogen (secondary N) is 1. The highest BCUT2D eigenvalue weighted by Gasteiger charge is 2.16. The van der Waals surface area contributed by atoms with Crippen molar-refractivity contribution in [2.75, 3.05) is 37.5 Å². The molecule has 18 heavy (non-hydrogen) atoms. The Labute approximate surface area is 107 Å². The van der Waals surface area contributed by atoms with E-state index < -0.39 is 0 Å². The zero-order valence-electron chi connectivity index (χ0n) is 11.3. The molecule has 1 rings (SSSR count). The number of carbonyl (C=O) groups is 1. The van der Waals surface area contributed by atoms with Gasteiger partial charge in [-0.2, -0.15) is 0 Å². The molecule has 1 aromatic rings. The Hall–Kier alpha value is -1.89. The molecule has 3 N–H and O–H groups in total. The summed E-state index contributed by atoms with van der Waals surface area (Å²) in [5.41, 5.74) is 3.34. The highest BCUT2D eigenvalue weighted by Crippen LogP contribution is 2.21. The molecule has 0 aliphatic carbocycles. The molecule has 0 aliphatic heterocycles. The third-order valence-electron chi connectivity index (χ3n) is 2.70. The average Bonchev–Trinajstić information content (AvgIpc) is 2.36. The van der Waals surface area contributed by atoms with Crippen LogP contribution in [0.3, 0.4) is 0 Å². The van der Waals surface area contributed by atoms with Crippen LogP contribution >= 0.6 is 0 Å².